The van der Waals surface area contributed by atoms with Crippen LogP contribution < -0.4 is 10.6 Å². The second kappa shape index (κ2) is 6.86. The monoisotopic (exact) mass is 227 g/mol. The molecule has 0 aromatic heterocycles. The highest BCUT2D eigenvalue weighted by Crippen LogP contribution is 2.13. The molecule has 1 fully saturated rings. The van der Waals surface area contributed by atoms with Gasteiger partial charge in [0.15, 0.2) is 0 Å². The topological polar surface area (TPSA) is 44.4 Å². The van der Waals surface area contributed by atoms with E-state index in [0.29, 0.717) is 0 Å². The van der Waals surface area contributed by atoms with Gasteiger partial charge in [-0.2, -0.15) is 0 Å². The fourth-order valence-corrected chi connectivity index (χ4v) is 2.38. The number of amides is 1. The molecule has 1 unspecified atom stereocenters. The number of rotatable bonds is 5. The number of piperidine rings is 1. The van der Waals surface area contributed by atoms with Crippen LogP contribution in [-0.4, -0.2) is 51.1 Å². The molecule has 1 aliphatic rings. The lowest BCUT2D eigenvalue weighted by atomic mass is 9.97. The number of carbonyl (C=O) groups excluding carboxylic acids is 1. The first-order valence-corrected chi connectivity index (χ1v) is 6.24. The summed E-state index contributed by atoms with van der Waals surface area (Å²) in [5.74, 6) is 1.01. The predicted molar refractivity (Wildman–Crippen MR) is 66.3 cm³/mol. The number of hydrogen-bond donors (Lipinski definition) is 2. The standard InChI is InChI=1S/C12H25N3O/c1-10(12(16)13-2)8-15(3)9-11-4-6-14-7-5-11/h10-11,14H,4-9H2,1-3H3,(H,13,16). The molecule has 0 saturated carbocycles. The molecule has 1 rings (SSSR count). The highest BCUT2D eigenvalue weighted by Gasteiger charge is 2.18. The molecule has 0 aliphatic carbocycles. The van der Waals surface area contributed by atoms with Gasteiger partial charge in [-0.25, -0.2) is 0 Å². The van der Waals surface area contributed by atoms with Crippen LogP contribution in [0, 0.1) is 11.8 Å². The average Bonchev–Trinajstić information content (AvgIpc) is 2.29. The molecule has 0 bridgehead atoms. The Hall–Kier alpha value is -0.610. The second-order valence-corrected chi connectivity index (χ2v) is 4.93. The van der Waals surface area contributed by atoms with E-state index >= 15 is 0 Å². The molecule has 1 saturated heterocycles. The quantitative estimate of drug-likeness (QED) is 0.710. The van der Waals surface area contributed by atoms with Crippen LogP contribution in [0.25, 0.3) is 0 Å². The first-order valence-electron chi connectivity index (χ1n) is 6.24. The van der Waals surface area contributed by atoms with Crippen molar-refractivity contribution in [2.75, 3.05) is 40.3 Å². The van der Waals surface area contributed by atoms with Crippen molar-refractivity contribution in [3.05, 3.63) is 0 Å². The Kier molecular flexibility index (Phi) is 5.77. The summed E-state index contributed by atoms with van der Waals surface area (Å²) < 4.78 is 0. The van der Waals surface area contributed by atoms with Crippen LogP contribution in [0.2, 0.25) is 0 Å². The minimum absolute atomic E-state index is 0.0803. The van der Waals surface area contributed by atoms with Crippen LogP contribution in [0.4, 0.5) is 0 Å². The van der Waals surface area contributed by atoms with Gasteiger partial charge >= 0.3 is 0 Å². The summed E-state index contributed by atoms with van der Waals surface area (Å²) in [6.07, 6.45) is 2.53. The van der Waals surface area contributed by atoms with E-state index in [9.17, 15) is 4.79 Å². The molecule has 1 aliphatic heterocycles. The SMILES string of the molecule is CNC(=O)C(C)CN(C)CC1CCNCC1. The predicted octanol–water partition coefficient (Wildman–Crippen LogP) is 0.300. The Bertz CT molecular complexity index is 214. The third-order valence-corrected chi connectivity index (χ3v) is 3.31. The molecule has 1 amide bonds. The van der Waals surface area contributed by atoms with Crippen molar-refractivity contribution in [2.45, 2.75) is 19.8 Å². The lowest BCUT2D eigenvalue weighted by Gasteiger charge is -2.28. The van der Waals surface area contributed by atoms with Crippen LogP contribution in [0.3, 0.4) is 0 Å². The van der Waals surface area contributed by atoms with Crippen molar-refractivity contribution >= 4 is 5.91 Å². The molecule has 4 nitrogen and oxygen atoms in total. The van der Waals surface area contributed by atoms with Gasteiger partial charge in [-0.05, 0) is 38.9 Å². The zero-order chi connectivity index (χ0) is 12.0. The summed E-state index contributed by atoms with van der Waals surface area (Å²) in [7, 11) is 3.81. The lowest BCUT2D eigenvalue weighted by Crippen LogP contribution is -2.39. The summed E-state index contributed by atoms with van der Waals surface area (Å²) in [5, 5.41) is 6.07. The van der Waals surface area contributed by atoms with Crippen LogP contribution in [0.1, 0.15) is 19.8 Å². The van der Waals surface area contributed by atoms with Crippen molar-refractivity contribution in [1.82, 2.24) is 15.5 Å². The third kappa shape index (κ3) is 4.49. The van der Waals surface area contributed by atoms with Crippen molar-refractivity contribution in [1.29, 1.82) is 0 Å². The molecular weight excluding hydrogens is 202 g/mol. The van der Waals surface area contributed by atoms with Gasteiger partial charge in [0.05, 0.1) is 0 Å². The van der Waals surface area contributed by atoms with Gasteiger partial charge in [-0.15, -0.1) is 0 Å². The smallest absolute Gasteiger partial charge is 0.223 e. The van der Waals surface area contributed by atoms with E-state index < -0.39 is 0 Å². The van der Waals surface area contributed by atoms with Gasteiger partial charge < -0.3 is 15.5 Å². The Morgan fingerprint density at radius 3 is 2.69 bits per heavy atom. The summed E-state index contributed by atoms with van der Waals surface area (Å²) >= 11 is 0. The van der Waals surface area contributed by atoms with E-state index in [2.05, 4.69) is 22.6 Å². The maximum Gasteiger partial charge on any atom is 0.223 e. The first kappa shape index (κ1) is 13.5. The zero-order valence-corrected chi connectivity index (χ0v) is 10.8. The zero-order valence-electron chi connectivity index (χ0n) is 10.8. The summed E-state index contributed by atoms with van der Waals surface area (Å²) in [4.78, 5) is 13.7. The molecule has 0 aromatic rings. The van der Waals surface area contributed by atoms with Crippen LogP contribution >= 0.6 is 0 Å². The van der Waals surface area contributed by atoms with E-state index in [1.54, 1.807) is 7.05 Å². The van der Waals surface area contributed by atoms with Crippen molar-refractivity contribution < 1.29 is 4.79 Å². The molecule has 0 radical (unpaired) electrons. The Balaban J connectivity index is 2.23. The van der Waals surface area contributed by atoms with E-state index in [4.69, 9.17) is 0 Å². The summed E-state index contributed by atoms with van der Waals surface area (Å²) in [6.45, 7) is 6.23. The van der Waals surface area contributed by atoms with Gasteiger partial charge in [0.1, 0.15) is 0 Å². The number of nitrogens with one attached hydrogen (secondary N) is 2. The van der Waals surface area contributed by atoms with Crippen LogP contribution in [-0.2, 0) is 4.79 Å². The average molecular weight is 227 g/mol. The fourth-order valence-electron chi connectivity index (χ4n) is 2.38. The molecule has 4 heteroatoms. The molecular formula is C12H25N3O. The summed E-state index contributed by atoms with van der Waals surface area (Å²) in [6, 6.07) is 0. The van der Waals surface area contributed by atoms with Gasteiger partial charge in [0, 0.05) is 26.1 Å². The van der Waals surface area contributed by atoms with Gasteiger partial charge in [-0.3, -0.25) is 4.79 Å². The Morgan fingerprint density at radius 1 is 1.50 bits per heavy atom. The first-order chi connectivity index (χ1) is 7.63. The molecule has 0 spiro atoms. The van der Waals surface area contributed by atoms with E-state index in [-0.39, 0.29) is 11.8 Å². The minimum atomic E-state index is 0.0803. The number of hydrogen-bond acceptors (Lipinski definition) is 3. The molecule has 1 heterocycles. The normalized spacial score (nSPS) is 19.8. The van der Waals surface area contributed by atoms with Gasteiger partial charge in [0.2, 0.25) is 5.91 Å². The largest absolute Gasteiger partial charge is 0.359 e. The van der Waals surface area contributed by atoms with Crippen LogP contribution in [0.5, 0.6) is 0 Å². The Labute approximate surface area is 98.8 Å². The molecule has 16 heavy (non-hydrogen) atoms. The third-order valence-electron chi connectivity index (χ3n) is 3.31. The molecule has 94 valence electrons. The van der Waals surface area contributed by atoms with E-state index in [0.717, 1.165) is 32.1 Å². The van der Waals surface area contributed by atoms with Crippen molar-refractivity contribution in [2.24, 2.45) is 11.8 Å². The minimum Gasteiger partial charge on any atom is -0.359 e. The maximum atomic E-state index is 11.4. The molecule has 1 atom stereocenters. The molecule has 0 aromatic carbocycles. The van der Waals surface area contributed by atoms with Gasteiger partial charge in [-0.1, -0.05) is 6.92 Å². The second-order valence-electron chi connectivity index (χ2n) is 4.93. The maximum absolute atomic E-state index is 11.4. The fraction of sp³-hybridized carbons (Fsp3) is 0.917. The van der Waals surface area contributed by atoms with E-state index in [1.807, 2.05) is 6.92 Å². The van der Waals surface area contributed by atoms with E-state index in [1.165, 1.54) is 12.8 Å². The Morgan fingerprint density at radius 2 is 2.12 bits per heavy atom. The highest BCUT2D eigenvalue weighted by molar-refractivity contribution is 5.78. The number of nitrogens with zero attached hydrogens (tertiary/aromatic N) is 1. The molecule has 2 N–H and O–H groups in total. The van der Waals surface area contributed by atoms with Gasteiger partial charge in [0.25, 0.3) is 0 Å². The lowest BCUT2D eigenvalue weighted by molar-refractivity contribution is -0.124. The number of carbonyl (C=O) groups is 1. The highest BCUT2D eigenvalue weighted by atomic mass is 16.1. The summed E-state index contributed by atoms with van der Waals surface area (Å²) in [5.41, 5.74) is 0. The van der Waals surface area contributed by atoms with Crippen molar-refractivity contribution in [3.8, 4) is 0 Å². The van der Waals surface area contributed by atoms with Crippen LogP contribution in [0.15, 0.2) is 0 Å². The van der Waals surface area contributed by atoms with Crippen molar-refractivity contribution in [3.63, 3.8) is 0 Å².